The van der Waals surface area contributed by atoms with E-state index in [-0.39, 0.29) is 22.5 Å². The highest BCUT2D eigenvalue weighted by molar-refractivity contribution is 5.81. The quantitative estimate of drug-likeness (QED) is 0.714. The Kier molecular flexibility index (Phi) is 4.52. The number of nitrogens with one attached hydrogen (secondary N) is 1. The van der Waals surface area contributed by atoms with E-state index in [1.54, 1.807) is 0 Å². The first-order valence-electron chi connectivity index (χ1n) is 7.73. The zero-order valence-electron chi connectivity index (χ0n) is 14.1. The fourth-order valence-electron chi connectivity index (χ4n) is 3.80. The molecule has 1 fully saturated rings. The molecule has 1 aromatic rings. The molecule has 1 heterocycles. The Balaban J connectivity index is 2.21. The van der Waals surface area contributed by atoms with Crippen LogP contribution in [0.3, 0.4) is 0 Å². The number of nitrogens with zero attached hydrogens (tertiary/aromatic N) is 2. The molecular formula is C16H25N3O4. The van der Waals surface area contributed by atoms with E-state index >= 15 is 0 Å². The van der Waals surface area contributed by atoms with Crippen LogP contribution < -0.4 is 11.2 Å². The number of hydrogen-bond acceptors (Lipinski definition) is 5. The largest absolute Gasteiger partial charge is 0.494 e. The highest BCUT2D eigenvalue weighted by atomic mass is 16.3. The number of aliphatic imine (C=N–C) groups is 1. The Morgan fingerprint density at radius 2 is 2.00 bits per heavy atom. The van der Waals surface area contributed by atoms with Gasteiger partial charge in [-0.05, 0) is 30.1 Å². The minimum atomic E-state index is -0.672. The van der Waals surface area contributed by atoms with Gasteiger partial charge in [0.25, 0.3) is 5.56 Å². The molecule has 1 aliphatic carbocycles. The molecule has 0 aliphatic heterocycles. The van der Waals surface area contributed by atoms with Crippen LogP contribution in [-0.4, -0.2) is 38.6 Å². The molecule has 0 aromatic carbocycles. The smallest absolute Gasteiger partial charge is 0.330 e. The number of hydrogen-bond donors (Lipinski definition) is 3. The first kappa shape index (κ1) is 17.5. The number of aromatic amines is 1. The number of aliphatic hydroxyl groups excluding tert-OH is 1. The van der Waals surface area contributed by atoms with Crippen molar-refractivity contribution in [2.24, 2.45) is 22.9 Å². The van der Waals surface area contributed by atoms with Crippen LogP contribution in [0.15, 0.2) is 14.6 Å². The summed E-state index contributed by atoms with van der Waals surface area (Å²) in [7, 11) is 1.37. The topological polar surface area (TPSA) is 108 Å². The molecule has 23 heavy (non-hydrogen) atoms. The summed E-state index contributed by atoms with van der Waals surface area (Å²) in [4.78, 5) is 29.6. The molecule has 7 nitrogen and oxygen atoms in total. The van der Waals surface area contributed by atoms with Gasteiger partial charge in [0, 0.05) is 19.8 Å². The zero-order valence-corrected chi connectivity index (χ0v) is 14.1. The summed E-state index contributed by atoms with van der Waals surface area (Å²) >= 11 is 0. The average Bonchev–Trinajstić information content (AvgIpc) is 2.37. The van der Waals surface area contributed by atoms with Crippen LogP contribution in [0.25, 0.3) is 0 Å². The second kappa shape index (κ2) is 5.96. The maximum absolute atomic E-state index is 11.8. The highest BCUT2D eigenvalue weighted by Crippen LogP contribution is 2.46. The zero-order chi connectivity index (χ0) is 17.4. The van der Waals surface area contributed by atoms with Gasteiger partial charge in [-0.1, -0.05) is 20.8 Å². The molecule has 2 rings (SSSR count). The predicted octanol–water partition coefficient (Wildman–Crippen LogP) is 0.775. The van der Waals surface area contributed by atoms with Gasteiger partial charge in [0.15, 0.2) is 0 Å². The summed E-state index contributed by atoms with van der Waals surface area (Å²) in [6, 6.07) is 0. The van der Waals surface area contributed by atoms with Gasteiger partial charge in [-0.2, -0.15) is 0 Å². The Labute approximate surface area is 134 Å². The second-order valence-electron chi connectivity index (χ2n) is 7.74. The Bertz CT molecular complexity index is 732. The minimum absolute atomic E-state index is 0.0358. The third kappa shape index (κ3) is 3.90. The van der Waals surface area contributed by atoms with Crippen LogP contribution >= 0.6 is 0 Å². The number of rotatable bonds is 3. The first-order valence-corrected chi connectivity index (χ1v) is 7.73. The normalized spacial score (nSPS) is 27.4. The van der Waals surface area contributed by atoms with Crippen molar-refractivity contribution in [2.45, 2.75) is 46.1 Å². The first-order chi connectivity index (χ1) is 10.5. The molecule has 0 bridgehead atoms. The third-order valence-electron chi connectivity index (χ3n) is 4.44. The van der Waals surface area contributed by atoms with E-state index in [1.165, 1.54) is 13.3 Å². The van der Waals surface area contributed by atoms with Gasteiger partial charge in [-0.25, -0.2) is 4.79 Å². The minimum Gasteiger partial charge on any atom is -0.494 e. The monoisotopic (exact) mass is 323 g/mol. The number of aromatic hydroxyl groups is 1. The van der Waals surface area contributed by atoms with Crippen LogP contribution in [0.5, 0.6) is 5.88 Å². The number of H-pyrrole nitrogens is 1. The molecule has 2 atom stereocenters. The van der Waals surface area contributed by atoms with E-state index < -0.39 is 17.1 Å². The van der Waals surface area contributed by atoms with Gasteiger partial charge in [-0.15, -0.1) is 0 Å². The fraction of sp³-hybridized carbons (Fsp3) is 0.688. The summed E-state index contributed by atoms with van der Waals surface area (Å²) < 4.78 is 0.956. The van der Waals surface area contributed by atoms with E-state index in [0.717, 1.165) is 17.4 Å². The van der Waals surface area contributed by atoms with Gasteiger partial charge >= 0.3 is 5.69 Å². The maximum Gasteiger partial charge on any atom is 0.330 e. The standard InChI is InChI=1S/C16H25N3O4/c1-15(2)5-10(20)6-16(3,8-15)9-17-7-11-12(21)18-14(23)19(4)13(11)22/h7,10,20,22H,5-6,8-9H2,1-4H3,(H,18,21,23)/t10-,16-/m0/s1. The van der Waals surface area contributed by atoms with Crippen molar-refractivity contribution in [1.82, 2.24) is 9.55 Å². The highest BCUT2D eigenvalue weighted by Gasteiger charge is 2.40. The van der Waals surface area contributed by atoms with Crippen molar-refractivity contribution >= 4 is 6.21 Å². The van der Waals surface area contributed by atoms with Crippen molar-refractivity contribution < 1.29 is 10.2 Å². The van der Waals surface area contributed by atoms with Gasteiger partial charge in [0.2, 0.25) is 5.88 Å². The summed E-state index contributed by atoms with van der Waals surface area (Å²) in [5.41, 5.74) is -1.50. The Morgan fingerprint density at radius 3 is 2.61 bits per heavy atom. The third-order valence-corrected chi connectivity index (χ3v) is 4.44. The molecule has 0 spiro atoms. The predicted molar refractivity (Wildman–Crippen MR) is 88.2 cm³/mol. The summed E-state index contributed by atoms with van der Waals surface area (Å²) in [5, 5.41) is 20.0. The summed E-state index contributed by atoms with van der Waals surface area (Å²) in [6.45, 7) is 6.76. The Hall–Kier alpha value is -1.89. The van der Waals surface area contributed by atoms with Crippen LogP contribution in [-0.2, 0) is 7.05 Å². The van der Waals surface area contributed by atoms with Gasteiger partial charge in [-0.3, -0.25) is 19.3 Å². The van der Waals surface area contributed by atoms with Crippen molar-refractivity contribution in [3.05, 3.63) is 26.4 Å². The molecule has 1 aliphatic rings. The molecule has 3 N–H and O–H groups in total. The molecule has 0 saturated heterocycles. The van der Waals surface area contributed by atoms with Crippen molar-refractivity contribution in [1.29, 1.82) is 0 Å². The van der Waals surface area contributed by atoms with Crippen molar-refractivity contribution in [3.8, 4) is 5.88 Å². The molecule has 1 aromatic heterocycles. The van der Waals surface area contributed by atoms with Crippen molar-refractivity contribution in [2.75, 3.05) is 6.54 Å². The van der Waals surface area contributed by atoms with E-state index in [0.29, 0.717) is 13.0 Å². The lowest BCUT2D eigenvalue weighted by atomic mass is 9.63. The van der Waals surface area contributed by atoms with Crippen LogP contribution in [0.4, 0.5) is 0 Å². The van der Waals surface area contributed by atoms with E-state index in [1.807, 2.05) is 0 Å². The summed E-state index contributed by atoms with van der Waals surface area (Å²) in [5.74, 6) is -0.406. The van der Waals surface area contributed by atoms with E-state index in [2.05, 4.69) is 30.7 Å². The molecule has 128 valence electrons. The molecular weight excluding hydrogens is 298 g/mol. The van der Waals surface area contributed by atoms with E-state index in [9.17, 15) is 19.8 Å². The average molecular weight is 323 g/mol. The van der Waals surface area contributed by atoms with Gasteiger partial charge in [0.05, 0.1) is 6.10 Å². The molecule has 0 radical (unpaired) electrons. The Morgan fingerprint density at radius 1 is 1.35 bits per heavy atom. The van der Waals surface area contributed by atoms with Crippen LogP contribution in [0.2, 0.25) is 0 Å². The van der Waals surface area contributed by atoms with E-state index in [4.69, 9.17) is 0 Å². The van der Waals surface area contributed by atoms with Crippen molar-refractivity contribution in [3.63, 3.8) is 0 Å². The number of aliphatic hydroxyl groups is 1. The molecule has 7 heteroatoms. The number of aromatic nitrogens is 2. The SMILES string of the molecule is Cn1c(O)c(C=NC[C@@]2(C)C[C@@H](O)CC(C)(C)C2)c(=O)[nH]c1=O. The summed E-state index contributed by atoms with van der Waals surface area (Å²) in [6.07, 6.45) is 3.29. The molecule has 0 unspecified atom stereocenters. The fourth-order valence-corrected chi connectivity index (χ4v) is 3.80. The molecule has 0 amide bonds. The molecule has 1 saturated carbocycles. The lowest BCUT2D eigenvalue weighted by Crippen LogP contribution is -2.40. The van der Waals surface area contributed by atoms with Gasteiger partial charge < -0.3 is 10.2 Å². The van der Waals surface area contributed by atoms with Gasteiger partial charge in [0.1, 0.15) is 5.56 Å². The maximum atomic E-state index is 11.8. The second-order valence-corrected chi connectivity index (χ2v) is 7.74. The van der Waals surface area contributed by atoms with Crippen LogP contribution in [0.1, 0.15) is 45.6 Å². The van der Waals surface area contributed by atoms with Crippen LogP contribution in [0, 0.1) is 10.8 Å². The lowest BCUT2D eigenvalue weighted by Gasteiger charge is -2.44. The lowest BCUT2D eigenvalue weighted by molar-refractivity contribution is -0.00472.